The number of aromatic nitrogens is 2. The van der Waals surface area contributed by atoms with Crippen LogP contribution in [0.25, 0.3) is 11.0 Å². The fourth-order valence-corrected chi connectivity index (χ4v) is 2.57. The summed E-state index contributed by atoms with van der Waals surface area (Å²) in [4.78, 5) is 30.1. The summed E-state index contributed by atoms with van der Waals surface area (Å²) >= 11 is 3.33. The fraction of sp³-hybridized carbons (Fsp3) is 0.0625. The van der Waals surface area contributed by atoms with Crippen molar-refractivity contribution < 1.29 is 9.53 Å². The van der Waals surface area contributed by atoms with Crippen LogP contribution in [0.3, 0.4) is 0 Å². The summed E-state index contributed by atoms with van der Waals surface area (Å²) in [5, 5.41) is 0. The molecule has 5 nitrogen and oxygen atoms in total. The van der Waals surface area contributed by atoms with Gasteiger partial charge in [0.05, 0.1) is 22.8 Å². The maximum absolute atomic E-state index is 12.1. The second-order valence-corrected chi connectivity index (χ2v) is 5.52. The van der Waals surface area contributed by atoms with Gasteiger partial charge in [-0.1, -0.05) is 30.3 Å². The molecule has 0 saturated carbocycles. The number of esters is 1. The lowest BCUT2D eigenvalue weighted by molar-refractivity contribution is 0.0473. The van der Waals surface area contributed by atoms with E-state index in [1.165, 1.54) is 6.20 Å². The molecule has 0 aliphatic heterocycles. The molecule has 0 unspecified atom stereocenters. The molecule has 0 fully saturated rings. The summed E-state index contributed by atoms with van der Waals surface area (Å²) in [6.07, 6.45) is 1.17. The van der Waals surface area contributed by atoms with Gasteiger partial charge in [0.25, 0.3) is 5.56 Å². The second kappa shape index (κ2) is 6.11. The van der Waals surface area contributed by atoms with E-state index in [1.54, 1.807) is 12.1 Å². The highest BCUT2D eigenvalue weighted by molar-refractivity contribution is 9.10. The van der Waals surface area contributed by atoms with Gasteiger partial charge in [0.2, 0.25) is 0 Å². The monoisotopic (exact) mass is 358 g/mol. The van der Waals surface area contributed by atoms with Crippen LogP contribution < -0.4 is 5.56 Å². The van der Waals surface area contributed by atoms with Crippen molar-refractivity contribution in [3.05, 3.63) is 74.6 Å². The normalized spacial score (nSPS) is 10.6. The molecule has 0 aliphatic carbocycles. The molecule has 0 saturated heterocycles. The highest BCUT2D eigenvalue weighted by Gasteiger charge is 2.12. The van der Waals surface area contributed by atoms with E-state index < -0.39 is 5.97 Å². The molecule has 1 N–H and O–H groups in total. The minimum absolute atomic E-state index is 0.203. The van der Waals surface area contributed by atoms with Crippen molar-refractivity contribution in [2.24, 2.45) is 0 Å². The van der Waals surface area contributed by atoms with Gasteiger partial charge < -0.3 is 9.72 Å². The summed E-state index contributed by atoms with van der Waals surface area (Å²) in [7, 11) is 0. The number of H-pyrrole nitrogens is 1. The molecule has 22 heavy (non-hydrogen) atoms. The van der Waals surface area contributed by atoms with Crippen LogP contribution in [0, 0.1) is 0 Å². The fourth-order valence-electron chi connectivity index (χ4n) is 2.03. The van der Waals surface area contributed by atoms with Crippen molar-refractivity contribution in [1.29, 1.82) is 0 Å². The average Bonchev–Trinajstić information content (AvgIpc) is 2.54. The number of carbonyl (C=O) groups is 1. The number of ether oxygens (including phenoxy) is 1. The Labute approximate surface area is 134 Å². The number of nitrogens with one attached hydrogen (secondary N) is 1. The van der Waals surface area contributed by atoms with E-state index in [1.807, 2.05) is 30.3 Å². The number of aromatic amines is 1. The predicted octanol–water partition coefficient (Wildman–Crippen LogP) is 3.04. The predicted molar refractivity (Wildman–Crippen MR) is 85.6 cm³/mol. The standard InChI is InChI=1S/C16H11BrN2O3/c17-12-6-11(7-13-15(12)19-14(20)8-18-13)16(21)22-9-10-4-2-1-3-5-10/h1-8H,9H2,(H,19,20). The first-order valence-electron chi connectivity index (χ1n) is 6.53. The molecule has 2 aromatic carbocycles. The van der Waals surface area contributed by atoms with Gasteiger partial charge in [0, 0.05) is 4.47 Å². The van der Waals surface area contributed by atoms with Crippen LogP contribution in [0.2, 0.25) is 0 Å². The van der Waals surface area contributed by atoms with E-state index in [0.717, 1.165) is 5.56 Å². The quantitative estimate of drug-likeness (QED) is 0.730. The number of halogens is 1. The number of rotatable bonds is 3. The van der Waals surface area contributed by atoms with Crippen LogP contribution in [0.5, 0.6) is 0 Å². The molecule has 3 aromatic rings. The van der Waals surface area contributed by atoms with Gasteiger partial charge in [-0.15, -0.1) is 0 Å². The maximum Gasteiger partial charge on any atom is 0.338 e. The first kappa shape index (κ1) is 14.5. The summed E-state index contributed by atoms with van der Waals surface area (Å²) < 4.78 is 5.87. The van der Waals surface area contributed by atoms with Gasteiger partial charge in [0.15, 0.2) is 0 Å². The van der Waals surface area contributed by atoms with Gasteiger partial charge in [-0.25, -0.2) is 9.78 Å². The highest BCUT2D eigenvalue weighted by atomic mass is 79.9. The Kier molecular flexibility index (Phi) is 4.02. The van der Waals surface area contributed by atoms with Crippen molar-refractivity contribution in [1.82, 2.24) is 9.97 Å². The van der Waals surface area contributed by atoms with Crippen LogP contribution in [0.4, 0.5) is 0 Å². The van der Waals surface area contributed by atoms with Crippen molar-refractivity contribution in [3.8, 4) is 0 Å². The Bertz CT molecular complexity index is 891. The molecule has 0 aliphatic rings. The van der Waals surface area contributed by atoms with Gasteiger partial charge in [0.1, 0.15) is 6.61 Å². The SMILES string of the molecule is O=C(OCc1ccccc1)c1cc(Br)c2[nH]c(=O)cnc2c1. The molecule has 1 aromatic heterocycles. The molecule has 3 rings (SSSR count). The third kappa shape index (κ3) is 3.07. The number of carbonyl (C=O) groups excluding carboxylic acids is 1. The highest BCUT2D eigenvalue weighted by Crippen LogP contribution is 2.22. The van der Waals surface area contributed by atoms with E-state index in [9.17, 15) is 9.59 Å². The lowest BCUT2D eigenvalue weighted by atomic mass is 10.2. The van der Waals surface area contributed by atoms with Crippen LogP contribution in [-0.4, -0.2) is 15.9 Å². The summed E-state index contributed by atoms with van der Waals surface area (Å²) in [6.45, 7) is 0.203. The minimum Gasteiger partial charge on any atom is -0.457 e. The zero-order chi connectivity index (χ0) is 15.5. The van der Waals surface area contributed by atoms with E-state index in [4.69, 9.17) is 4.74 Å². The number of benzene rings is 2. The summed E-state index contributed by atoms with van der Waals surface area (Å²) in [6, 6.07) is 12.6. The lowest BCUT2D eigenvalue weighted by Crippen LogP contribution is -2.08. The zero-order valence-corrected chi connectivity index (χ0v) is 13.0. The lowest BCUT2D eigenvalue weighted by Gasteiger charge is -2.07. The largest absolute Gasteiger partial charge is 0.457 e. The summed E-state index contributed by atoms with van der Waals surface area (Å²) in [5.41, 5.74) is 2.05. The van der Waals surface area contributed by atoms with Gasteiger partial charge in [-0.2, -0.15) is 0 Å². The third-order valence-electron chi connectivity index (χ3n) is 3.09. The minimum atomic E-state index is -0.445. The maximum atomic E-state index is 12.1. The first-order chi connectivity index (χ1) is 10.6. The topological polar surface area (TPSA) is 72.1 Å². The van der Waals surface area contributed by atoms with Crippen molar-refractivity contribution in [2.45, 2.75) is 6.61 Å². The number of fused-ring (bicyclic) bond motifs is 1. The van der Waals surface area contributed by atoms with Crippen LogP contribution >= 0.6 is 15.9 Å². The van der Waals surface area contributed by atoms with E-state index >= 15 is 0 Å². The van der Waals surface area contributed by atoms with Gasteiger partial charge in [-0.05, 0) is 33.6 Å². The Balaban J connectivity index is 1.85. The molecule has 0 radical (unpaired) electrons. The molecular formula is C16H11BrN2O3. The molecule has 1 heterocycles. The van der Waals surface area contributed by atoms with Crippen molar-refractivity contribution >= 4 is 32.9 Å². The van der Waals surface area contributed by atoms with Gasteiger partial charge >= 0.3 is 5.97 Å². The van der Waals surface area contributed by atoms with Crippen molar-refractivity contribution in [3.63, 3.8) is 0 Å². The number of hydrogen-bond donors (Lipinski definition) is 1. The van der Waals surface area contributed by atoms with E-state index in [-0.39, 0.29) is 12.2 Å². The third-order valence-corrected chi connectivity index (χ3v) is 3.71. The van der Waals surface area contributed by atoms with E-state index in [0.29, 0.717) is 21.1 Å². The molecule has 0 spiro atoms. The molecule has 0 amide bonds. The molecular weight excluding hydrogens is 348 g/mol. The molecule has 0 bridgehead atoms. The first-order valence-corrected chi connectivity index (χ1v) is 7.32. The van der Waals surface area contributed by atoms with Gasteiger partial charge in [-0.3, -0.25) is 4.79 Å². The average molecular weight is 359 g/mol. The van der Waals surface area contributed by atoms with Crippen LogP contribution in [0.15, 0.2) is 57.9 Å². The Morgan fingerprint density at radius 3 is 2.77 bits per heavy atom. The molecule has 0 atom stereocenters. The van der Waals surface area contributed by atoms with Crippen LogP contribution in [0.1, 0.15) is 15.9 Å². The number of hydrogen-bond acceptors (Lipinski definition) is 4. The second-order valence-electron chi connectivity index (χ2n) is 4.66. The Hall–Kier alpha value is -2.47. The Morgan fingerprint density at radius 1 is 1.23 bits per heavy atom. The van der Waals surface area contributed by atoms with Crippen LogP contribution in [-0.2, 0) is 11.3 Å². The van der Waals surface area contributed by atoms with Crippen molar-refractivity contribution in [2.75, 3.05) is 0 Å². The zero-order valence-electron chi connectivity index (χ0n) is 11.4. The molecule has 6 heteroatoms. The summed E-state index contributed by atoms with van der Waals surface area (Å²) in [5.74, 6) is -0.445. The Morgan fingerprint density at radius 2 is 2.00 bits per heavy atom. The smallest absolute Gasteiger partial charge is 0.338 e. The van der Waals surface area contributed by atoms with E-state index in [2.05, 4.69) is 25.9 Å². The number of nitrogens with zero attached hydrogens (tertiary/aromatic N) is 1. The molecule has 110 valence electrons.